The molecule has 0 bridgehead atoms. The van der Waals surface area contributed by atoms with Gasteiger partial charge in [-0.25, -0.2) is 14.8 Å². The topological polar surface area (TPSA) is 67.3 Å². The van der Waals surface area contributed by atoms with Gasteiger partial charge in [0.15, 0.2) is 11.5 Å². The minimum atomic E-state index is -0.563. The number of likely N-dealkylation sites (N-methyl/N-ethyl adjacent to an activating group) is 1. The molecule has 0 aliphatic heterocycles. The van der Waals surface area contributed by atoms with Crippen LogP contribution in [0.1, 0.15) is 10.5 Å². The van der Waals surface area contributed by atoms with Gasteiger partial charge in [0.2, 0.25) is 0 Å². The Morgan fingerprint density at radius 1 is 1.59 bits per heavy atom. The molecule has 0 aliphatic rings. The summed E-state index contributed by atoms with van der Waals surface area (Å²) in [4.78, 5) is 21.4. The Kier molecular flexibility index (Phi) is 5.11. The van der Waals surface area contributed by atoms with Crippen molar-refractivity contribution in [2.45, 2.75) is 0 Å². The van der Waals surface area contributed by atoms with Crippen LogP contribution in [0.2, 0.25) is 5.15 Å². The van der Waals surface area contributed by atoms with Crippen LogP contribution in [-0.2, 0) is 4.74 Å². The number of nitrogens with zero attached hydrogens (tertiary/aromatic N) is 3. The lowest BCUT2D eigenvalue weighted by Crippen LogP contribution is -2.22. The number of carbonyl (C=O) groups is 1. The van der Waals surface area contributed by atoms with Gasteiger partial charge in [-0.1, -0.05) is 11.6 Å². The number of rotatable bonds is 5. The predicted octanol–water partition coefficient (Wildman–Crippen LogP) is 0.890. The molecule has 7 heteroatoms. The SMILES string of the molecule is COC(=O)c1nc(Cl)cnc1NCCN(C)C. The monoisotopic (exact) mass is 258 g/mol. The summed E-state index contributed by atoms with van der Waals surface area (Å²) in [6, 6.07) is 0. The highest BCUT2D eigenvalue weighted by atomic mass is 35.5. The predicted molar refractivity (Wildman–Crippen MR) is 65.4 cm³/mol. The van der Waals surface area contributed by atoms with Gasteiger partial charge in [-0.15, -0.1) is 0 Å². The molecule has 1 aromatic heterocycles. The molecule has 0 saturated heterocycles. The third kappa shape index (κ3) is 4.16. The molecule has 0 radical (unpaired) electrons. The van der Waals surface area contributed by atoms with Crippen LogP contribution < -0.4 is 5.32 Å². The summed E-state index contributed by atoms with van der Waals surface area (Å²) in [6.45, 7) is 1.46. The maximum Gasteiger partial charge on any atom is 0.360 e. The van der Waals surface area contributed by atoms with Crippen molar-refractivity contribution < 1.29 is 9.53 Å². The van der Waals surface area contributed by atoms with Crippen LogP contribution in [0.3, 0.4) is 0 Å². The molecule has 0 saturated carbocycles. The lowest BCUT2D eigenvalue weighted by atomic mass is 10.4. The standard InChI is InChI=1S/C10H15ClN4O2/c1-15(2)5-4-12-9-8(10(16)17-3)14-7(11)6-13-9/h6H,4-5H2,1-3H3,(H,12,13). The number of hydrogen-bond donors (Lipinski definition) is 1. The van der Waals surface area contributed by atoms with Crippen LogP contribution in [0.4, 0.5) is 5.82 Å². The van der Waals surface area contributed by atoms with Gasteiger partial charge in [-0.05, 0) is 14.1 Å². The Hall–Kier alpha value is -1.40. The Morgan fingerprint density at radius 3 is 2.88 bits per heavy atom. The van der Waals surface area contributed by atoms with E-state index in [1.807, 2.05) is 19.0 Å². The van der Waals surface area contributed by atoms with Crippen LogP contribution in [-0.4, -0.2) is 55.1 Å². The number of anilines is 1. The third-order valence-electron chi connectivity index (χ3n) is 1.97. The first-order chi connectivity index (χ1) is 8.04. The Bertz CT molecular complexity index is 398. The van der Waals surface area contributed by atoms with Crippen molar-refractivity contribution in [1.29, 1.82) is 0 Å². The molecule has 0 spiro atoms. The lowest BCUT2D eigenvalue weighted by molar-refractivity contribution is 0.0595. The summed E-state index contributed by atoms with van der Waals surface area (Å²) in [5.74, 6) is -0.185. The number of nitrogens with one attached hydrogen (secondary N) is 1. The van der Waals surface area contributed by atoms with E-state index >= 15 is 0 Å². The van der Waals surface area contributed by atoms with Crippen molar-refractivity contribution in [2.24, 2.45) is 0 Å². The number of methoxy groups -OCH3 is 1. The number of hydrogen-bond acceptors (Lipinski definition) is 6. The summed E-state index contributed by atoms with van der Waals surface area (Å²) in [7, 11) is 5.20. The van der Waals surface area contributed by atoms with E-state index in [2.05, 4.69) is 20.0 Å². The third-order valence-corrected chi connectivity index (χ3v) is 2.16. The maximum atomic E-state index is 11.4. The smallest absolute Gasteiger partial charge is 0.360 e. The second-order valence-corrected chi connectivity index (χ2v) is 4.00. The largest absolute Gasteiger partial charge is 0.464 e. The quantitative estimate of drug-likeness (QED) is 0.792. The normalized spacial score (nSPS) is 10.4. The fraction of sp³-hybridized carbons (Fsp3) is 0.500. The Balaban J connectivity index is 2.79. The number of carbonyl (C=O) groups excluding carboxylic acids is 1. The van der Waals surface area contributed by atoms with Crippen molar-refractivity contribution in [2.75, 3.05) is 39.6 Å². The first kappa shape index (κ1) is 13.7. The summed E-state index contributed by atoms with van der Waals surface area (Å²) in [5, 5.41) is 3.17. The van der Waals surface area contributed by atoms with Crippen LogP contribution in [0.15, 0.2) is 6.20 Å². The van der Waals surface area contributed by atoms with E-state index in [0.29, 0.717) is 12.4 Å². The fourth-order valence-corrected chi connectivity index (χ4v) is 1.27. The van der Waals surface area contributed by atoms with Crippen molar-refractivity contribution in [3.63, 3.8) is 0 Å². The molecule has 1 N–H and O–H groups in total. The number of esters is 1. The molecule has 0 unspecified atom stereocenters. The average molecular weight is 259 g/mol. The minimum absolute atomic E-state index is 0.0961. The number of halogens is 1. The molecule has 17 heavy (non-hydrogen) atoms. The first-order valence-electron chi connectivity index (χ1n) is 5.04. The van der Waals surface area contributed by atoms with Gasteiger partial charge in [0.1, 0.15) is 5.15 Å². The van der Waals surface area contributed by atoms with Crippen LogP contribution in [0, 0.1) is 0 Å². The molecular weight excluding hydrogens is 244 g/mol. The molecule has 0 aliphatic carbocycles. The van der Waals surface area contributed by atoms with E-state index in [1.54, 1.807) is 0 Å². The second-order valence-electron chi connectivity index (χ2n) is 3.61. The van der Waals surface area contributed by atoms with Gasteiger partial charge in [0.25, 0.3) is 0 Å². The van der Waals surface area contributed by atoms with E-state index in [9.17, 15) is 4.79 Å². The average Bonchev–Trinajstić information content (AvgIpc) is 2.29. The van der Waals surface area contributed by atoms with E-state index in [-0.39, 0.29) is 10.8 Å². The second kappa shape index (κ2) is 6.36. The summed E-state index contributed by atoms with van der Waals surface area (Å²) in [6.07, 6.45) is 1.38. The zero-order valence-corrected chi connectivity index (χ0v) is 10.8. The van der Waals surface area contributed by atoms with E-state index < -0.39 is 5.97 Å². The van der Waals surface area contributed by atoms with Gasteiger partial charge in [0.05, 0.1) is 13.3 Å². The van der Waals surface area contributed by atoms with Gasteiger partial charge < -0.3 is 15.0 Å². The van der Waals surface area contributed by atoms with E-state index in [4.69, 9.17) is 11.6 Å². The summed E-state index contributed by atoms with van der Waals surface area (Å²) < 4.78 is 4.61. The number of aromatic nitrogens is 2. The highest BCUT2D eigenvalue weighted by Gasteiger charge is 2.15. The lowest BCUT2D eigenvalue weighted by Gasteiger charge is -2.12. The molecule has 0 fully saturated rings. The molecule has 1 heterocycles. The fourth-order valence-electron chi connectivity index (χ4n) is 1.13. The molecular formula is C10H15ClN4O2. The van der Waals surface area contributed by atoms with E-state index in [1.165, 1.54) is 13.3 Å². The zero-order valence-electron chi connectivity index (χ0n) is 10.0. The van der Waals surface area contributed by atoms with E-state index in [0.717, 1.165) is 6.54 Å². The molecule has 1 aromatic rings. The Morgan fingerprint density at radius 2 is 2.29 bits per heavy atom. The van der Waals surface area contributed by atoms with Crippen molar-refractivity contribution in [3.8, 4) is 0 Å². The highest BCUT2D eigenvalue weighted by Crippen LogP contribution is 2.13. The van der Waals surface area contributed by atoms with Gasteiger partial charge >= 0.3 is 5.97 Å². The number of ether oxygens (including phenoxy) is 1. The van der Waals surface area contributed by atoms with Crippen molar-refractivity contribution >= 4 is 23.4 Å². The van der Waals surface area contributed by atoms with Gasteiger partial charge in [0, 0.05) is 13.1 Å². The van der Waals surface area contributed by atoms with Crippen LogP contribution in [0.5, 0.6) is 0 Å². The minimum Gasteiger partial charge on any atom is -0.464 e. The van der Waals surface area contributed by atoms with Crippen LogP contribution in [0.25, 0.3) is 0 Å². The molecule has 1 rings (SSSR count). The zero-order chi connectivity index (χ0) is 12.8. The maximum absolute atomic E-state index is 11.4. The summed E-state index contributed by atoms with van der Waals surface area (Å²) in [5.41, 5.74) is 0.0961. The molecule has 0 atom stereocenters. The molecule has 6 nitrogen and oxygen atoms in total. The van der Waals surface area contributed by atoms with Crippen LogP contribution >= 0.6 is 11.6 Å². The molecule has 0 aromatic carbocycles. The van der Waals surface area contributed by atoms with Crippen molar-refractivity contribution in [3.05, 3.63) is 17.0 Å². The highest BCUT2D eigenvalue weighted by molar-refractivity contribution is 6.29. The summed E-state index contributed by atoms with van der Waals surface area (Å²) >= 11 is 5.68. The first-order valence-corrected chi connectivity index (χ1v) is 5.42. The van der Waals surface area contributed by atoms with Gasteiger partial charge in [-0.2, -0.15) is 0 Å². The molecule has 94 valence electrons. The Labute approximate surface area is 105 Å². The van der Waals surface area contributed by atoms with Crippen molar-refractivity contribution in [1.82, 2.24) is 14.9 Å². The molecule has 0 amide bonds. The van der Waals surface area contributed by atoms with Gasteiger partial charge in [-0.3, -0.25) is 0 Å².